The molecule has 0 heterocycles. The van der Waals surface area contributed by atoms with Gasteiger partial charge >= 0.3 is 0 Å². The van der Waals surface area contributed by atoms with Crippen molar-refractivity contribution < 1.29 is 4.79 Å². The lowest BCUT2D eigenvalue weighted by Crippen LogP contribution is -2.27. The van der Waals surface area contributed by atoms with Gasteiger partial charge < -0.3 is 10.6 Å². The van der Waals surface area contributed by atoms with Crippen molar-refractivity contribution in [3.8, 4) is 0 Å². The summed E-state index contributed by atoms with van der Waals surface area (Å²) in [7, 11) is 0. The number of nitrogens with one attached hydrogen (secondary N) is 2. The Kier molecular flexibility index (Phi) is 5.05. The summed E-state index contributed by atoms with van der Waals surface area (Å²) in [5, 5.41) is 6.51. The van der Waals surface area contributed by atoms with Gasteiger partial charge in [-0.25, -0.2) is 0 Å². The van der Waals surface area contributed by atoms with Crippen LogP contribution < -0.4 is 10.6 Å². The van der Waals surface area contributed by atoms with E-state index in [0.29, 0.717) is 6.04 Å². The Bertz CT molecular complexity index is 470. The van der Waals surface area contributed by atoms with Crippen molar-refractivity contribution in [3.63, 3.8) is 0 Å². The topological polar surface area (TPSA) is 41.1 Å². The van der Waals surface area contributed by atoms with Gasteiger partial charge in [0.2, 0.25) is 5.91 Å². The quantitative estimate of drug-likeness (QED) is 0.857. The largest absolute Gasteiger partial charge is 0.382 e. The SMILES string of the molecule is CCC1CCCC(Nc2ccc(NC(C)=O)c(C)c2)C1. The smallest absolute Gasteiger partial charge is 0.221 e. The van der Waals surface area contributed by atoms with Gasteiger partial charge in [0, 0.05) is 24.3 Å². The maximum absolute atomic E-state index is 11.1. The summed E-state index contributed by atoms with van der Waals surface area (Å²) in [4.78, 5) is 11.1. The summed E-state index contributed by atoms with van der Waals surface area (Å²) in [5.74, 6) is 0.855. The highest BCUT2D eigenvalue weighted by Crippen LogP contribution is 2.29. The van der Waals surface area contributed by atoms with Gasteiger partial charge in [-0.1, -0.05) is 26.2 Å². The lowest BCUT2D eigenvalue weighted by Gasteiger charge is -2.30. The first-order valence-electron chi connectivity index (χ1n) is 7.73. The summed E-state index contributed by atoms with van der Waals surface area (Å²) in [5.41, 5.74) is 3.17. The number of hydrogen-bond acceptors (Lipinski definition) is 2. The number of aryl methyl sites for hydroxylation is 1. The monoisotopic (exact) mass is 274 g/mol. The van der Waals surface area contributed by atoms with E-state index in [9.17, 15) is 4.79 Å². The Labute approximate surface area is 122 Å². The van der Waals surface area contributed by atoms with Crippen LogP contribution >= 0.6 is 0 Å². The third kappa shape index (κ3) is 3.99. The van der Waals surface area contributed by atoms with Crippen LogP contribution in [-0.2, 0) is 4.79 Å². The first-order valence-corrected chi connectivity index (χ1v) is 7.73. The summed E-state index contributed by atoms with van der Waals surface area (Å²) < 4.78 is 0. The van der Waals surface area contributed by atoms with Crippen LogP contribution in [0.3, 0.4) is 0 Å². The van der Waals surface area contributed by atoms with Crippen LogP contribution in [0.15, 0.2) is 18.2 Å². The van der Waals surface area contributed by atoms with E-state index in [1.807, 2.05) is 13.0 Å². The number of anilines is 2. The molecular formula is C17H26N2O. The fourth-order valence-corrected chi connectivity index (χ4v) is 3.11. The van der Waals surface area contributed by atoms with E-state index in [1.165, 1.54) is 37.8 Å². The Morgan fingerprint density at radius 1 is 1.35 bits per heavy atom. The van der Waals surface area contributed by atoms with Gasteiger partial charge in [-0.3, -0.25) is 4.79 Å². The number of hydrogen-bond donors (Lipinski definition) is 2. The molecule has 2 atom stereocenters. The number of rotatable bonds is 4. The maximum Gasteiger partial charge on any atom is 0.221 e. The standard InChI is InChI=1S/C17H26N2O/c1-4-14-6-5-7-15(11-14)19-16-8-9-17(12(2)10-16)18-13(3)20/h8-10,14-15,19H,4-7,11H2,1-3H3,(H,18,20). The molecule has 1 amide bonds. The van der Waals surface area contributed by atoms with Gasteiger partial charge in [-0.05, 0) is 49.4 Å². The second-order valence-electron chi connectivity index (χ2n) is 5.99. The van der Waals surface area contributed by atoms with Gasteiger partial charge in [0.25, 0.3) is 0 Å². The molecule has 0 aromatic heterocycles. The second kappa shape index (κ2) is 6.78. The minimum Gasteiger partial charge on any atom is -0.382 e. The molecule has 1 aromatic rings. The van der Waals surface area contributed by atoms with Crippen molar-refractivity contribution in [1.82, 2.24) is 0 Å². The predicted octanol–water partition coefficient (Wildman–Crippen LogP) is 4.33. The third-order valence-electron chi connectivity index (χ3n) is 4.27. The van der Waals surface area contributed by atoms with Crippen LogP contribution in [0.4, 0.5) is 11.4 Å². The van der Waals surface area contributed by atoms with Gasteiger partial charge in [-0.2, -0.15) is 0 Å². The fraction of sp³-hybridized carbons (Fsp3) is 0.588. The fourth-order valence-electron chi connectivity index (χ4n) is 3.11. The summed E-state index contributed by atoms with van der Waals surface area (Å²) in [6.45, 7) is 5.87. The first kappa shape index (κ1) is 14.9. The highest BCUT2D eigenvalue weighted by Gasteiger charge is 2.20. The molecule has 2 rings (SSSR count). The number of carbonyl (C=O) groups excluding carboxylic acids is 1. The summed E-state index contributed by atoms with van der Waals surface area (Å²) >= 11 is 0. The molecule has 2 unspecified atom stereocenters. The molecule has 3 nitrogen and oxygen atoms in total. The van der Waals surface area contributed by atoms with Crippen molar-refractivity contribution in [2.75, 3.05) is 10.6 Å². The molecule has 0 radical (unpaired) electrons. The van der Waals surface area contributed by atoms with Crippen LogP contribution in [0.5, 0.6) is 0 Å². The van der Waals surface area contributed by atoms with Gasteiger partial charge in [-0.15, -0.1) is 0 Å². The average molecular weight is 274 g/mol. The Morgan fingerprint density at radius 2 is 2.15 bits per heavy atom. The van der Waals surface area contributed by atoms with E-state index in [4.69, 9.17) is 0 Å². The molecule has 3 heteroatoms. The molecular weight excluding hydrogens is 248 g/mol. The van der Waals surface area contributed by atoms with Crippen molar-refractivity contribution >= 4 is 17.3 Å². The zero-order valence-electron chi connectivity index (χ0n) is 12.8. The van der Waals surface area contributed by atoms with Gasteiger partial charge in [0.1, 0.15) is 0 Å². The van der Waals surface area contributed by atoms with Crippen LogP contribution in [0.25, 0.3) is 0 Å². The van der Waals surface area contributed by atoms with Gasteiger partial charge in [0.05, 0.1) is 0 Å². The predicted molar refractivity (Wildman–Crippen MR) is 85.1 cm³/mol. The number of benzene rings is 1. The van der Waals surface area contributed by atoms with E-state index >= 15 is 0 Å². The Hall–Kier alpha value is -1.51. The molecule has 1 aliphatic rings. The van der Waals surface area contributed by atoms with E-state index in [1.54, 1.807) is 6.92 Å². The van der Waals surface area contributed by atoms with E-state index in [0.717, 1.165) is 17.2 Å². The minimum absolute atomic E-state index is 0.0214. The molecule has 0 saturated heterocycles. The molecule has 2 N–H and O–H groups in total. The molecule has 0 aliphatic heterocycles. The Balaban J connectivity index is 1.99. The maximum atomic E-state index is 11.1. The van der Waals surface area contributed by atoms with Crippen LogP contribution in [0.2, 0.25) is 0 Å². The molecule has 1 aliphatic carbocycles. The summed E-state index contributed by atoms with van der Waals surface area (Å²) in [6.07, 6.45) is 6.55. The summed E-state index contributed by atoms with van der Waals surface area (Å²) in [6, 6.07) is 6.77. The number of carbonyl (C=O) groups is 1. The average Bonchev–Trinajstić information content (AvgIpc) is 2.42. The highest BCUT2D eigenvalue weighted by atomic mass is 16.1. The molecule has 1 fully saturated rings. The number of amides is 1. The molecule has 20 heavy (non-hydrogen) atoms. The van der Waals surface area contributed by atoms with Crippen molar-refractivity contribution in [2.45, 2.75) is 58.9 Å². The minimum atomic E-state index is -0.0214. The highest BCUT2D eigenvalue weighted by molar-refractivity contribution is 5.89. The molecule has 1 saturated carbocycles. The van der Waals surface area contributed by atoms with Crippen LogP contribution in [0, 0.1) is 12.8 Å². The molecule has 0 bridgehead atoms. The first-order chi connectivity index (χ1) is 9.58. The van der Waals surface area contributed by atoms with E-state index in [-0.39, 0.29) is 5.91 Å². The van der Waals surface area contributed by atoms with Crippen molar-refractivity contribution in [2.24, 2.45) is 5.92 Å². The van der Waals surface area contributed by atoms with Crippen molar-refractivity contribution in [1.29, 1.82) is 0 Å². The van der Waals surface area contributed by atoms with E-state index in [2.05, 4.69) is 29.7 Å². The molecule has 0 spiro atoms. The zero-order chi connectivity index (χ0) is 14.5. The van der Waals surface area contributed by atoms with Crippen molar-refractivity contribution in [3.05, 3.63) is 23.8 Å². The Morgan fingerprint density at radius 3 is 2.80 bits per heavy atom. The second-order valence-corrected chi connectivity index (χ2v) is 5.99. The van der Waals surface area contributed by atoms with Gasteiger partial charge in [0.15, 0.2) is 0 Å². The van der Waals surface area contributed by atoms with E-state index < -0.39 is 0 Å². The lowest BCUT2D eigenvalue weighted by atomic mass is 9.84. The molecule has 110 valence electrons. The lowest BCUT2D eigenvalue weighted by molar-refractivity contribution is -0.114. The third-order valence-corrected chi connectivity index (χ3v) is 4.27. The van der Waals surface area contributed by atoms with Crippen LogP contribution in [0.1, 0.15) is 51.5 Å². The molecule has 1 aromatic carbocycles. The van der Waals surface area contributed by atoms with Crippen LogP contribution in [-0.4, -0.2) is 11.9 Å². The normalized spacial score (nSPS) is 22.4. The zero-order valence-corrected chi connectivity index (χ0v) is 12.8.